The number of hydrogen-bond donors (Lipinski definition) is 1. The maximum Gasteiger partial charge on any atom is 0.227 e. The molecule has 28 heavy (non-hydrogen) atoms. The van der Waals surface area contributed by atoms with E-state index in [9.17, 15) is 4.79 Å². The van der Waals surface area contributed by atoms with Crippen molar-refractivity contribution in [3.8, 4) is 22.9 Å². The third-order valence-corrected chi connectivity index (χ3v) is 4.29. The lowest BCUT2D eigenvalue weighted by molar-refractivity contribution is -0.116. The van der Waals surface area contributed by atoms with Gasteiger partial charge in [0.15, 0.2) is 11.5 Å². The first kappa shape index (κ1) is 19.4. The highest BCUT2D eigenvalue weighted by Crippen LogP contribution is 2.31. The number of ether oxygens (including phenoxy) is 2. The summed E-state index contributed by atoms with van der Waals surface area (Å²) in [4.78, 5) is 16.5. The minimum Gasteiger partial charge on any atom is -0.493 e. The molecule has 0 fully saturated rings. The van der Waals surface area contributed by atoms with Crippen LogP contribution in [0.4, 0.5) is 5.69 Å². The fourth-order valence-electron chi connectivity index (χ4n) is 2.76. The van der Waals surface area contributed by atoms with E-state index in [1.165, 1.54) is 5.56 Å². The summed E-state index contributed by atoms with van der Waals surface area (Å²) in [6.07, 6.45) is 1.54. The number of methoxy groups -OCH3 is 2. The zero-order valence-electron chi connectivity index (χ0n) is 16.2. The van der Waals surface area contributed by atoms with E-state index in [0.29, 0.717) is 29.6 Å². The first-order chi connectivity index (χ1) is 13.6. The number of carbonyl (C=O) groups excluding carboxylic acids is 1. The van der Waals surface area contributed by atoms with Gasteiger partial charge in [0.1, 0.15) is 0 Å². The van der Waals surface area contributed by atoms with Gasteiger partial charge in [-0.15, -0.1) is 0 Å². The Kier molecular flexibility index (Phi) is 6.26. The fraction of sp³-hybridized carbons (Fsp3) is 0.286. The van der Waals surface area contributed by atoms with Crippen LogP contribution in [0, 0.1) is 0 Å². The molecule has 1 amide bonds. The molecule has 0 aliphatic carbocycles. The Labute approximate surface area is 163 Å². The van der Waals surface area contributed by atoms with Crippen molar-refractivity contribution in [1.82, 2.24) is 10.1 Å². The van der Waals surface area contributed by atoms with Crippen LogP contribution >= 0.6 is 0 Å². The van der Waals surface area contributed by atoms with E-state index in [-0.39, 0.29) is 12.3 Å². The summed E-state index contributed by atoms with van der Waals surface area (Å²) in [5.74, 6) is 1.95. The van der Waals surface area contributed by atoms with Crippen LogP contribution < -0.4 is 14.8 Å². The summed E-state index contributed by atoms with van der Waals surface area (Å²) >= 11 is 0. The standard InChI is InChI=1S/C21H23N3O4/c1-4-14-6-5-7-16(12-14)22-19(25)10-11-20-23-21(24-28-20)15-8-9-17(26-2)18(13-15)27-3/h5-9,12-13H,4,10-11H2,1-3H3,(H,22,25). The Bertz CT molecular complexity index is 952. The molecule has 7 nitrogen and oxygen atoms in total. The summed E-state index contributed by atoms with van der Waals surface area (Å²) < 4.78 is 15.8. The molecule has 0 aliphatic rings. The van der Waals surface area contributed by atoms with Crippen molar-refractivity contribution in [3.63, 3.8) is 0 Å². The van der Waals surface area contributed by atoms with Crippen molar-refractivity contribution in [2.75, 3.05) is 19.5 Å². The third-order valence-electron chi connectivity index (χ3n) is 4.29. The van der Waals surface area contributed by atoms with Gasteiger partial charge < -0.3 is 19.3 Å². The van der Waals surface area contributed by atoms with Gasteiger partial charge >= 0.3 is 0 Å². The molecule has 3 rings (SSSR count). The van der Waals surface area contributed by atoms with Gasteiger partial charge in [0, 0.05) is 24.1 Å². The van der Waals surface area contributed by atoms with Gasteiger partial charge in [-0.2, -0.15) is 4.98 Å². The van der Waals surface area contributed by atoms with Crippen molar-refractivity contribution in [1.29, 1.82) is 0 Å². The molecule has 146 valence electrons. The van der Waals surface area contributed by atoms with E-state index in [1.54, 1.807) is 26.4 Å². The maximum absolute atomic E-state index is 12.2. The first-order valence-corrected chi connectivity index (χ1v) is 9.06. The summed E-state index contributed by atoms with van der Waals surface area (Å²) in [7, 11) is 3.14. The zero-order chi connectivity index (χ0) is 19.9. The number of carbonyl (C=O) groups is 1. The van der Waals surface area contributed by atoms with Crippen LogP contribution in [0.3, 0.4) is 0 Å². The Morgan fingerprint density at radius 2 is 1.93 bits per heavy atom. The Morgan fingerprint density at radius 3 is 2.68 bits per heavy atom. The van der Waals surface area contributed by atoms with Crippen LogP contribution in [0.2, 0.25) is 0 Å². The Hall–Kier alpha value is -3.35. The monoisotopic (exact) mass is 381 g/mol. The topological polar surface area (TPSA) is 86.5 Å². The average Bonchev–Trinajstić information content (AvgIpc) is 3.21. The van der Waals surface area contributed by atoms with Gasteiger partial charge in [0.25, 0.3) is 0 Å². The molecule has 2 aromatic carbocycles. The van der Waals surface area contributed by atoms with Crippen LogP contribution in [0.5, 0.6) is 11.5 Å². The van der Waals surface area contributed by atoms with Gasteiger partial charge in [-0.25, -0.2) is 0 Å². The molecule has 0 aliphatic heterocycles. The van der Waals surface area contributed by atoms with Crippen molar-refractivity contribution in [2.45, 2.75) is 26.2 Å². The second-order valence-electron chi connectivity index (χ2n) is 6.18. The van der Waals surface area contributed by atoms with Crippen LogP contribution in [-0.2, 0) is 17.6 Å². The van der Waals surface area contributed by atoms with Crippen molar-refractivity contribution in [3.05, 3.63) is 53.9 Å². The van der Waals surface area contributed by atoms with Crippen molar-refractivity contribution >= 4 is 11.6 Å². The Balaban J connectivity index is 1.61. The normalized spacial score (nSPS) is 10.5. The smallest absolute Gasteiger partial charge is 0.227 e. The number of amides is 1. The number of anilines is 1. The molecule has 7 heteroatoms. The molecule has 0 atom stereocenters. The quantitative estimate of drug-likeness (QED) is 0.637. The van der Waals surface area contributed by atoms with E-state index in [1.807, 2.05) is 30.3 Å². The zero-order valence-corrected chi connectivity index (χ0v) is 16.2. The van der Waals surface area contributed by atoms with E-state index in [0.717, 1.165) is 17.7 Å². The number of benzene rings is 2. The highest BCUT2D eigenvalue weighted by atomic mass is 16.5. The van der Waals surface area contributed by atoms with Crippen LogP contribution in [0.15, 0.2) is 47.0 Å². The van der Waals surface area contributed by atoms with E-state index in [4.69, 9.17) is 14.0 Å². The summed E-state index contributed by atoms with van der Waals surface area (Å²) in [6.45, 7) is 2.08. The molecule has 1 heterocycles. The molecular weight excluding hydrogens is 358 g/mol. The molecule has 0 unspecified atom stereocenters. The van der Waals surface area contributed by atoms with Crippen LogP contribution in [0.1, 0.15) is 24.8 Å². The van der Waals surface area contributed by atoms with Gasteiger partial charge in [-0.1, -0.05) is 24.2 Å². The van der Waals surface area contributed by atoms with E-state index in [2.05, 4.69) is 22.4 Å². The summed E-state index contributed by atoms with van der Waals surface area (Å²) in [6, 6.07) is 13.2. The molecule has 0 bridgehead atoms. The molecule has 0 spiro atoms. The van der Waals surface area contributed by atoms with Crippen molar-refractivity contribution < 1.29 is 18.8 Å². The van der Waals surface area contributed by atoms with E-state index >= 15 is 0 Å². The molecular formula is C21H23N3O4. The van der Waals surface area contributed by atoms with Gasteiger partial charge in [-0.05, 0) is 42.3 Å². The number of aryl methyl sites for hydroxylation is 2. The van der Waals surface area contributed by atoms with E-state index < -0.39 is 0 Å². The second-order valence-corrected chi connectivity index (χ2v) is 6.18. The van der Waals surface area contributed by atoms with Gasteiger partial charge in [-0.3, -0.25) is 4.79 Å². The maximum atomic E-state index is 12.2. The predicted octanol–water partition coefficient (Wildman–Crippen LogP) is 3.89. The minimum absolute atomic E-state index is 0.0980. The second kappa shape index (κ2) is 9.03. The number of hydrogen-bond acceptors (Lipinski definition) is 6. The number of rotatable bonds is 8. The molecule has 1 N–H and O–H groups in total. The molecule has 0 radical (unpaired) electrons. The highest BCUT2D eigenvalue weighted by Gasteiger charge is 2.13. The first-order valence-electron chi connectivity index (χ1n) is 9.06. The Morgan fingerprint density at radius 1 is 1.11 bits per heavy atom. The molecule has 0 saturated heterocycles. The number of nitrogens with zero attached hydrogens (tertiary/aromatic N) is 2. The third kappa shape index (κ3) is 4.68. The SMILES string of the molecule is CCc1cccc(NC(=O)CCc2nc(-c3ccc(OC)c(OC)c3)no2)c1. The van der Waals surface area contributed by atoms with Crippen LogP contribution in [-0.4, -0.2) is 30.3 Å². The summed E-state index contributed by atoms with van der Waals surface area (Å²) in [5.41, 5.74) is 2.71. The average molecular weight is 381 g/mol. The largest absolute Gasteiger partial charge is 0.493 e. The highest BCUT2D eigenvalue weighted by molar-refractivity contribution is 5.90. The molecule has 3 aromatic rings. The summed E-state index contributed by atoms with van der Waals surface area (Å²) in [5, 5.41) is 6.88. The molecule has 0 saturated carbocycles. The van der Waals surface area contributed by atoms with Crippen molar-refractivity contribution in [2.24, 2.45) is 0 Å². The van der Waals surface area contributed by atoms with Crippen LogP contribution in [0.25, 0.3) is 11.4 Å². The van der Waals surface area contributed by atoms with Gasteiger partial charge in [0.2, 0.25) is 17.6 Å². The predicted molar refractivity (Wildman–Crippen MR) is 106 cm³/mol. The molecule has 1 aromatic heterocycles. The lowest BCUT2D eigenvalue weighted by Gasteiger charge is -2.07. The number of nitrogens with one attached hydrogen (secondary N) is 1. The fourth-order valence-corrected chi connectivity index (χ4v) is 2.76. The lowest BCUT2D eigenvalue weighted by Crippen LogP contribution is -2.12. The lowest BCUT2D eigenvalue weighted by atomic mass is 10.1. The minimum atomic E-state index is -0.0980. The van der Waals surface area contributed by atoms with Gasteiger partial charge in [0.05, 0.1) is 14.2 Å². The number of aromatic nitrogens is 2.